The molecule has 1 unspecified atom stereocenters. The standard InChI is InChI=1S/C37H39F3N6O2/c1-6-29(47)46-19-25(15-22(46)4)44(5)35-27-17-41-33(26-10-7-9-23-11-12-28(39)30(21(2)3)31(23)26)32(40)34(27)42-36(43-35)48-20-37-13-8-14-45(37)18-24(38)16-37/h6-7,9-12,17,22,24-25H,1-2,8,13-16,18-20H2,3-5H3/t22-,24-,25+,37?/m1/s1. The molecule has 8 nitrogen and oxygen atoms in total. The molecule has 7 rings (SSSR count). The second kappa shape index (κ2) is 12.2. The van der Waals surface area contributed by atoms with E-state index < -0.39 is 23.3 Å². The topological polar surface area (TPSA) is 74.7 Å². The third kappa shape index (κ3) is 5.28. The first kappa shape index (κ1) is 32.1. The van der Waals surface area contributed by atoms with Gasteiger partial charge in [0.2, 0.25) is 5.91 Å². The average Bonchev–Trinajstić information content (AvgIpc) is 3.74. The zero-order chi connectivity index (χ0) is 33.9. The Morgan fingerprint density at radius 1 is 1.21 bits per heavy atom. The second-order valence-corrected chi connectivity index (χ2v) is 13.5. The molecule has 0 saturated carbocycles. The van der Waals surface area contributed by atoms with E-state index in [1.807, 2.05) is 24.9 Å². The van der Waals surface area contributed by atoms with Gasteiger partial charge in [-0.3, -0.25) is 14.7 Å². The number of likely N-dealkylation sites (tertiary alicyclic amines) is 1. The summed E-state index contributed by atoms with van der Waals surface area (Å²) in [4.78, 5) is 32.3. The first-order valence-electron chi connectivity index (χ1n) is 16.4. The Morgan fingerprint density at radius 2 is 2.02 bits per heavy atom. The first-order valence-corrected chi connectivity index (χ1v) is 16.4. The molecule has 2 aromatic heterocycles. The quantitative estimate of drug-likeness (QED) is 0.195. The fourth-order valence-corrected chi connectivity index (χ4v) is 8.04. The summed E-state index contributed by atoms with van der Waals surface area (Å²) in [6, 6.07) is 8.16. The SMILES string of the molecule is C=CC(=O)N1C[C@@H](N(C)c2nc(OCC34CCCN3C[C@H](F)C4)nc3c(F)c(-c4cccc5ccc(F)c(C(=C)C)c45)ncc23)C[C@H]1C. The Balaban J connectivity index is 1.36. The molecular weight excluding hydrogens is 617 g/mol. The number of carbonyl (C=O) groups excluding carboxylic acids is 1. The Labute approximate surface area is 277 Å². The number of hydrogen-bond donors (Lipinski definition) is 0. The Bertz CT molecular complexity index is 1970. The number of likely N-dealkylation sites (N-methyl/N-ethyl adjacent to an activating group) is 1. The minimum Gasteiger partial charge on any atom is -0.461 e. The first-order chi connectivity index (χ1) is 23.0. The summed E-state index contributed by atoms with van der Waals surface area (Å²) >= 11 is 0. The molecule has 0 radical (unpaired) electrons. The summed E-state index contributed by atoms with van der Waals surface area (Å²) in [7, 11) is 1.85. The molecule has 0 N–H and O–H groups in total. The number of aromatic nitrogens is 3. The van der Waals surface area contributed by atoms with Gasteiger partial charge in [0, 0.05) is 61.4 Å². The molecule has 1 amide bonds. The number of halogens is 3. The van der Waals surface area contributed by atoms with Crippen LogP contribution in [0.3, 0.4) is 0 Å². The molecule has 0 bridgehead atoms. The number of benzene rings is 2. The number of ether oxygens (including phenoxy) is 1. The van der Waals surface area contributed by atoms with Gasteiger partial charge in [0.25, 0.3) is 0 Å². The van der Waals surface area contributed by atoms with E-state index in [-0.39, 0.29) is 41.8 Å². The second-order valence-electron chi connectivity index (χ2n) is 13.5. The van der Waals surface area contributed by atoms with Gasteiger partial charge in [-0.2, -0.15) is 9.97 Å². The fourth-order valence-electron chi connectivity index (χ4n) is 8.04. The van der Waals surface area contributed by atoms with Gasteiger partial charge in [0.1, 0.15) is 35.6 Å². The van der Waals surface area contributed by atoms with Gasteiger partial charge in [-0.25, -0.2) is 13.2 Å². The maximum Gasteiger partial charge on any atom is 0.319 e. The smallest absolute Gasteiger partial charge is 0.319 e. The maximum absolute atomic E-state index is 16.9. The monoisotopic (exact) mass is 656 g/mol. The lowest BCUT2D eigenvalue weighted by molar-refractivity contribution is -0.126. The fraction of sp³-hybridized carbons (Fsp3) is 0.405. The van der Waals surface area contributed by atoms with Crippen LogP contribution >= 0.6 is 0 Å². The molecule has 48 heavy (non-hydrogen) atoms. The summed E-state index contributed by atoms with van der Waals surface area (Å²) < 4.78 is 52.9. The van der Waals surface area contributed by atoms with Gasteiger partial charge in [-0.15, -0.1) is 0 Å². The van der Waals surface area contributed by atoms with Crippen molar-refractivity contribution in [1.29, 1.82) is 0 Å². The summed E-state index contributed by atoms with van der Waals surface area (Å²) in [5.41, 5.74) is 0.763. The van der Waals surface area contributed by atoms with Crippen molar-refractivity contribution in [1.82, 2.24) is 24.8 Å². The zero-order valence-electron chi connectivity index (χ0n) is 27.5. The molecule has 0 aliphatic carbocycles. The van der Waals surface area contributed by atoms with Crippen LogP contribution in [0.25, 0.3) is 38.5 Å². The molecule has 250 valence electrons. The van der Waals surface area contributed by atoms with E-state index in [0.29, 0.717) is 59.2 Å². The Hall–Kier alpha value is -4.51. The molecule has 11 heteroatoms. The molecular formula is C37H39F3N6O2. The molecule has 3 aliphatic heterocycles. The number of carbonyl (C=O) groups is 1. The van der Waals surface area contributed by atoms with E-state index in [1.54, 1.807) is 30.0 Å². The molecule has 3 saturated heterocycles. The van der Waals surface area contributed by atoms with Crippen LogP contribution in [0.5, 0.6) is 6.01 Å². The molecule has 3 fully saturated rings. The maximum atomic E-state index is 16.9. The number of fused-ring (bicyclic) bond motifs is 3. The third-order valence-electron chi connectivity index (χ3n) is 10.4. The van der Waals surface area contributed by atoms with Crippen molar-refractivity contribution in [2.45, 2.75) is 63.3 Å². The molecule has 0 spiro atoms. The van der Waals surface area contributed by atoms with E-state index in [9.17, 15) is 9.18 Å². The van der Waals surface area contributed by atoms with E-state index in [4.69, 9.17) is 9.72 Å². The third-order valence-corrected chi connectivity index (χ3v) is 10.4. The number of nitrogens with zero attached hydrogens (tertiary/aromatic N) is 6. The predicted octanol–water partition coefficient (Wildman–Crippen LogP) is 6.72. The minimum absolute atomic E-state index is 0.00207. The average molecular weight is 657 g/mol. The van der Waals surface area contributed by atoms with Crippen molar-refractivity contribution in [3.63, 3.8) is 0 Å². The van der Waals surface area contributed by atoms with Crippen LogP contribution in [0, 0.1) is 11.6 Å². The summed E-state index contributed by atoms with van der Waals surface area (Å²) in [6.45, 7) is 13.1. The molecule has 3 aliphatic rings. The molecule has 4 aromatic rings. The number of amides is 1. The van der Waals surface area contributed by atoms with Gasteiger partial charge in [-0.1, -0.05) is 37.4 Å². The lowest BCUT2D eigenvalue weighted by atomic mass is 9.93. The highest BCUT2D eigenvalue weighted by atomic mass is 19.1. The van der Waals surface area contributed by atoms with Crippen molar-refractivity contribution < 1.29 is 22.7 Å². The van der Waals surface area contributed by atoms with Gasteiger partial charge >= 0.3 is 6.01 Å². The lowest BCUT2D eigenvalue weighted by Crippen LogP contribution is -2.43. The predicted molar refractivity (Wildman–Crippen MR) is 182 cm³/mol. The van der Waals surface area contributed by atoms with Crippen LogP contribution in [-0.4, -0.2) is 87.7 Å². The number of alkyl halides is 1. The number of anilines is 1. The number of allylic oxidation sites excluding steroid dienone is 1. The van der Waals surface area contributed by atoms with Crippen LogP contribution in [0.2, 0.25) is 0 Å². The van der Waals surface area contributed by atoms with Crippen LogP contribution in [0.4, 0.5) is 19.0 Å². The largest absolute Gasteiger partial charge is 0.461 e. The van der Waals surface area contributed by atoms with Crippen molar-refractivity contribution in [2.24, 2.45) is 0 Å². The van der Waals surface area contributed by atoms with Crippen molar-refractivity contribution in [2.75, 3.05) is 38.2 Å². The lowest BCUT2D eigenvalue weighted by Gasteiger charge is -2.31. The van der Waals surface area contributed by atoms with Gasteiger partial charge in [0.05, 0.1) is 10.9 Å². The number of pyridine rings is 1. The Kier molecular flexibility index (Phi) is 8.14. The van der Waals surface area contributed by atoms with Crippen LogP contribution < -0.4 is 9.64 Å². The van der Waals surface area contributed by atoms with E-state index in [0.717, 1.165) is 24.8 Å². The van der Waals surface area contributed by atoms with Crippen molar-refractivity contribution in [3.8, 4) is 17.3 Å². The van der Waals surface area contributed by atoms with E-state index in [2.05, 4.69) is 28.0 Å². The van der Waals surface area contributed by atoms with Crippen molar-refractivity contribution in [3.05, 3.63) is 73.0 Å². The van der Waals surface area contributed by atoms with Gasteiger partial charge in [-0.05, 0) is 62.8 Å². The highest BCUT2D eigenvalue weighted by Crippen LogP contribution is 2.42. The van der Waals surface area contributed by atoms with Gasteiger partial charge < -0.3 is 14.5 Å². The van der Waals surface area contributed by atoms with Crippen LogP contribution in [-0.2, 0) is 4.79 Å². The molecule has 4 atom stereocenters. The summed E-state index contributed by atoms with van der Waals surface area (Å²) in [6.07, 6.45) is 4.68. The minimum atomic E-state index is -0.931. The highest BCUT2D eigenvalue weighted by molar-refractivity contribution is 6.04. The van der Waals surface area contributed by atoms with Crippen LogP contribution in [0.1, 0.15) is 45.1 Å². The van der Waals surface area contributed by atoms with Crippen molar-refractivity contribution >= 4 is 39.0 Å². The molecule has 2 aromatic carbocycles. The number of hydrogen-bond acceptors (Lipinski definition) is 7. The van der Waals surface area contributed by atoms with Gasteiger partial charge in [0.15, 0.2) is 5.82 Å². The van der Waals surface area contributed by atoms with E-state index >= 15 is 8.78 Å². The summed E-state index contributed by atoms with van der Waals surface area (Å²) in [5, 5.41) is 1.59. The normalized spacial score (nSPS) is 24.0. The van der Waals surface area contributed by atoms with E-state index in [1.165, 1.54) is 18.3 Å². The zero-order valence-corrected chi connectivity index (χ0v) is 27.5. The number of rotatable bonds is 8. The summed E-state index contributed by atoms with van der Waals surface area (Å²) in [5.74, 6) is -0.910. The Morgan fingerprint density at radius 3 is 2.79 bits per heavy atom. The van der Waals surface area contributed by atoms with Crippen LogP contribution in [0.15, 0.2) is 55.8 Å². The molecule has 5 heterocycles. The highest BCUT2D eigenvalue weighted by Gasteiger charge is 2.49.